The first-order valence-corrected chi connectivity index (χ1v) is 7.50. The molecule has 4 nitrogen and oxygen atoms in total. The maximum Gasteiger partial charge on any atom is 0.494 e. The van der Waals surface area contributed by atoms with Gasteiger partial charge in [-0.2, -0.15) is 0 Å². The van der Waals surface area contributed by atoms with E-state index in [1.165, 1.54) is 5.56 Å². The van der Waals surface area contributed by atoms with Gasteiger partial charge in [0.1, 0.15) is 0 Å². The molecule has 0 aromatic heterocycles. The predicted molar refractivity (Wildman–Crippen MR) is 85.7 cm³/mol. The molecule has 2 rings (SSSR count). The van der Waals surface area contributed by atoms with Crippen LogP contribution in [0.3, 0.4) is 0 Å². The van der Waals surface area contributed by atoms with Crippen LogP contribution in [0.4, 0.5) is 0 Å². The summed E-state index contributed by atoms with van der Waals surface area (Å²) in [6, 6.07) is 8.38. The molecule has 1 aromatic carbocycles. The molecule has 116 valence electrons. The van der Waals surface area contributed by atoms with Crippen LogP contribution in [-0.4, -0.2) is 38.6 Å². The van der Waals surface area contributed by atoms with Gasteiger partial charge >= 0.3 is 7.12 Å². The van der Waals surface area contributed by atoms with Crippen molar-refractivity contribution in [1.29, 1.82) is 0 Å². The number of rotatable bonds is 6. The molecule has 5 heteroatoms. The van der Waals surface area contributed by atoms with Crippen molar-refractivity contribution in [3.8, 4) is 0 Å². The van der Waals surface area contributed by atoms with Gasteiger partial charge in [0.05, 0.1) is 17.8 Å². The molecule has 0 saturated carbocycles. The van der Waals surface area contributed by atoms with Crippen LogP contribution < -0.4 is 10.8 Å². The summed E-state index contributed by atoms with van der Waals surface area (Å²) in [6.45, 7) is 10.7. The zero-order valence-corrected chi connectivity index (χ0v) is 13.7. The van der Waals surface area contributed by atoms with Crippen molar-refractivity contribution in [2.75, 3.05) is 20.3 Å². The normalized spacial score (nSPS) is 20.0. The Morgan fingerprint density at radius 3 is 2.14 bits per heavy atom. The second-order valence-corrected chi connectivity index (χ2v) is 6.50. The first-order valence-electron chi connectivity index (χ1n) is 7.50. The van der Waals surface area contributed by atoms with Crippen LogP contribution in [0.2, 0.25) is 0 Å². The van der Waals surface area contributed by atoms with E-state index in [1.54, 1.807) is 7.11 Å². The van der Waals surface area contributed by atoms with Crippen molar-refractivity contribution in [1.82, 2.24) is 5.32 Å². The van der Waals surface area contributed by atoms with Crippen molar-refractivity contribution in [2.45, 2.75) is 45.4 Å². The first kappa shape index (κ1) is 16.5. The van der Waals surface area contributed by atoms with E-state index in [1.807, 2.05) is 0 Å². The summed E-state index contributed by atoms with van der Waals surface area (Å²) < 4.78 is 17.1. The highest BCUT2D eigenvalue weighted by Crippen LogP contribution is 2.36. The molecule has 1 N–H and O–H groups in total. The monoisotopic (exact) mass is 291 g/mol. The Bertz CT molecular complexity index is 443. The summed E-state index contributed by atoms with van der Waals surface area (Å²) in [5, 5.41) is 3.33. The van der Waals surface area contributed by atoms with Crippen molar-refractivity contribution in [2.24, 2.45) is 0 Å². The summed E-state index contributed by atoms with van der Waals surface area (Å²) in [4.78, 5) is 0. The lowest BCUT2D eigenvalue weighted by Crippen LogP contribution is -2.41. The number of methoxy groups -OCH3 is 1. The summed E-state index contributed by atoms with van der Waals surface area (Å²) >= 11 is 0. The molecular formula is C16H26BNO3. The predicted octanol–water partition coefficient (Wildman–Crippen LogP) is 1.72. The lowest BCUT2D eigenvalue weighted by Gasteiger charge is -2.32. The average molecular weight is 291 g/mol. The Morgan fingerprint density at radius 2 is 1.62 bits per heavy atom. The zero-order valence-electron chi connectivity index (χ0n) is 13.7. The van der Waals surface area contributed by atoms with Crippen LogP contribution in [0.15, 0.2) is 24.3 Å². The fourth-order valence-corrected chi connectivity index (χ4v) is 2.18. The summed E-state index contributed by atoms with van der Waals surface area (Å²) in [5.41, 5.74) is 1.72. The second kappa shape index (κ2) is 6.49. The van der Waals surface area contributed by atoms with E-state index in [0.29, 0.717) is 0 Å². The third-order valence-corrected chi connectivity index (χ3v) is 4.32. The number of hydrogen-bond donors (Lipinski definition) is 1. The minimum atomic E-state index is -0.294. The van der Waals surface area contributed by atoms with Gasteiger partial charge in [0.2, 0.25) is 0 Å². The standard InChI is InChI=1S/C16H26BNO3/c1-15(2)16(3,4)21-17(20-15)14-8-6-13(7-9-14)12-18-10-11-19-5/h6-9,18H,10-12H2,1-5H3. The maximum absolute atomic E-state index is 6.05. The molecule has 1 aliphatic heterocycles. The van der Waals surface area contributed by atoms with Crippen LogP contribution in [-0.2, 0) is 20.6 Å². The first-order chi connectivity index (χ1) is 9.86. The molecule has 21 heavy (non-hydrogen) atoms. The van der Waals surface area contributed by atoms with Crippen molar-refractivity contribution < 1.29 is 14.0 Å². The minimum Gasteiger partial charge on any atom is -0.399 e. The van der Waals surface area contributed by atoms with Gasteiger partial charge < -0.3 is 19.4 Å². The molecule has 1 aromatic rings. The fourth-order valence-electron chi connectivity index (χ4n) is 2.18. The topological polar surface area (TPSA) is 39.7 Å². The summed E-state index contributed by atoms with van der Waals surface area (Å²) in [5.74, 6) is 0. The molecule has 0 unspecified atom stereocenters. The van der Waals surface area contributed by atoms with E-state index in [9.17, 15) is 0 Å². The molecule has 0 atom stereocenters. The van der Waals surface area contributed by atoms with Crippen molar-refractivity contribution >= 4 is 12.6 Å². The van der Waals surface area contributed by atoms with E-state index in [4.69, 9.17) is 14.0 Å². The Hall–Kier alpha value is -0.875. The summed E-state index contributed by atoms with van der Waals surface area (Å²) in [7, 11) is 1.42. The largest absolute Gasteiger partial charge is 0.494 e. The number of hydrogen-bond acceptors (Lipinski definition) is 4. The molecule has 1 heterocycles. The minimum absolute atomic E-state index is 0.287. The lowest BCUT2D eigenvalue weighted by atomic mass is 9.79. The Morgan fingerprint density at radius 1 is 1.05 bits per heavy atom. The van der Waals surface area contributed by atoms with Crippen molar-refractivity contribution in [3.05, 3.63) is 29.8 Å². The third kappa shape index (κ3) is 3.86. The quantitative estimate of drug-likeness (QED) is 0.640. The second-order valence-electron chi connectivity index (χ2n) is 6.50. The van der Waals surface area contributed by atoms with Gasteiger partial charge in [0, 0.05) is 20.2 Å². The van der Waals surface area contributed by atoms with E-state index in [0.717, 1.165) is 25.2 Å². The van der Waals surface area contributed by atoms with Crippen LogP contribution in [0.25, 0.3) is 0 Å². The Labute approximate surface area is 128 Å². The van der Waals surface area contributed by atoms with E-state index >= 15 is 0 Å². The molecule has 0 amide bonds. The fraction of sp³-hybridized carbons (Fsp3) is 0.625. The zero-order chi connectivity index (χ0) is 15.5. The van der Waals surface area contributed by atoms with Gasteiger partial charge in [-0.05, 0) is 38.7 Å². The number of benzene rings is 1. The molecule has 1 aliphatic rings. The molecule has 0 radical (unpaired) electrons. The highest BCUT2D eigenvalue weighted by atomic mass is 16.7. The molecule has 1 saturated heterocycles. The highest BCUT2D eigenvalue weighted by Gasteiger charge is 2.51. The van der Waals surface area contributed by atoms with Gasteiger partial charge in [0.25, 0.3) is 0 Å². The van der Waals surface area contributed by atoms with Crippen LogP contribution >= 0.6 is 0 Å². The average Bonchev–Trinajstić information content (AvgIpc) is 2.64. The van der Waals surface area contributed by atoms with Gasteiger partial charge in [-0.3, -0.25) is 0 Å². The lowest BCUT2D eigenvalue weighted by molar-refractivity contribution is 0.00578. The maximum atomic E-state index is 6.05. The van der Waals surface area contributed by atoms with Gasteiger partial charge in [-0.15, -0.1) is 0 Å². The van der Waals surface area contributed by atoms with Gasteiger partial charge in [0.15, 0.2) is 0 Å². The van der Waals surface area contributed by atoms with Crippen LogP contribution in [0.5, 0.6) is 0 Å². The van der Waals surface area contributed by atoms with E-state index in [-0.39, 0.29) is 18.3 Å². The van der Waals surface area contributed by atoms with Gasteiger partial charge in [-0.25, -0.2) is 0 Å². The van der Waals surface area contributed by atoms with E-state index in [2.05, 4.69) is 57.3 Å². The molecule has 0 spiro atoms. The SMILES string of the molecule is COCCNCc1ccc(B2OC(C)(C)C(C)(C)O2)cc1. The highest BCUT2D eigenvalue weighted by molar-refractivity contribution is 6.62. The van der Waals surface area contributed by atoms with E-state index < -0.39 is 0 Å². The third-order valence-electron chi connectivity index (χ3n) is 4.32. The van der Waals surface area contributed by atoms with Gasteiger partial charge in [-0.1, -0.05) is 24.3 Å². The summed E-state index contributed by atoms with van der Waals surface area (Å²) in [6.07, 6.45) is 0. The Kier molecular flexibility index (Phi) is 5.09. The van der Waals surface area contributed by atoms with Crippen LogP contribution in [0, 0.1) is 0 Å². The molecule has 0 aliphatic carbocycles. The smallest absolute Gasteiger partial charge is 0.399 e. The molecular weight excluding hydrogens is 265 g/mol. The molecule has 1 fully saturated rings. The van der Waals surface area contributed by atoms with Crippen LogP contribution in [0.1, 0.15) is 33.3 Å². The Balaban J connectivity index is 1.94. The number of ether oxygens (including phenoxy) is 1. The van der Waals surface area contributed by atoms with Crippen molar-refractivity contribution in [3.63, 3.8) is 0 Å². The molecule has 0 bridgehead atoms. The number of nitrogens with one attached hydrogen (secondary N) is 1.